The highest BCUT2D eigenvalue weighted by molar-refractivity contribution is 5.97. The van der Waals surface area contributed by atoms with Crippen LogP contribution in [-0.4, -0.2) is 59.8 Å². The summed E-state index contributed by atoms with van der Waals surface area (Å²) in [6, 6.07) is 6.17. The summed E-state index contributed by atoms with van der Waals surface area (Å²) in [4.78, 5) is 38.8. The molecule has 2 aliphatic heterocycles. The summed E-state index contributed by atoms with van der Waals surface area (Å²) >= 11 is 0. The fourth-order valence-electron chi connectivity index (χ4n) is 4.20. The normalized spacial score (nSPS) is 26.4. The molecule has 0 unspecified atom stereocenters. The maximum Gasteiger partial charge on any atom is 0.328 e. The number of aromatic amines is 1. The van der Waals surface area contributed by atoms with E-state index < -0.39 is 41.4 Å². The van der Waals surface area contributed by atoms with Crippen LogP contribution in [0.3, 0.4) is 0 Å². The number of benzene rings is 1. The van der Waals surface area contributed by atoms with Gasteiger partial charge in [-0.15, -0.1) is 0 Å². The average molecular weight is 445 g/mol. The maximum atomic E-state index is 12.8. The predicted octanol–water partition coefficient (Wildman–Crippen LogP) is 0.744. The third kappa shape index (κ3) is 4.34. The number of carbonyl (C=O) groups is 1. The number of nitrogens with zero attached hydrogens (tertiary/aromatic N) is 1. The van der Waals surface area contributed by atoms with Gasteiger partial charge in [-0.3, -0.25) is 19.1 Å². The summed E-state index contributed by atoms with van der Waals surface area (Å²) in [7, 11) is 1.51. The first-order valence-corrected chi connectivity index (χ1v) is 10.4. The van der Waals surface area contributed by atoms with Crippen molar-refractivity contribution in [1.82, 2.24) is 14.9 Å². The van der Waals surface area contributed by atoms with E-state index in [0.717, 1.165) is 5.56 Å². The van der Waals surface area contributed by atoms with Crippen LogP contribution in [0, 0.1) is 6.92 Å². The van der Waals surface area contributed by atoms with Crippen LogP contribution in [0.15, 0.2) is 40.1 Å². The van der Waals surface area contributed by atoms with E-state index in [-0.39, 0.29) is 19.1 Å². The van der Waals surface area contributed by atoms with E-state index in [4.69, 9.17) is 18.9 Å². The molecule has 2 saturated heterocycles. The van der Waals surface area contributed by atoms with Gasteiger partial charge in [-0.1, -0.05) is 11.6 Å². The number of rotatable bonds is 5. The molecule has 0 saturated carbocycles. The van der Waals surface area contributed by atoms with Crippen molar-refractivity contribution in [3.05, 3.63) is 62.4 Å². The van der Waals surface area contributed by atoms with E-state index in [1.165, 1.54) is 23.9 Å². The lowest BCUT2D eigenvalue weighted by Gasteiger charge is -2.37. The molecular formula is C22H27N3O7. The zero-order valence-electron chi connectivity index (χ0n) is 18.4. The van der Waals surface area contributed by atoms with Crippen LogP contribution in [0.1, 0.15) is 35.8 Å². The zero-order chi connectivity index (χ0) is 23.0. The standard InChI is InChI=1S/C22H27N3O7/c1-12-5-6-15(29-4)13(9-12)20(27)23-10-16-19-18(31-22(2,3)32-19)14(11-30-16)25-8-7-17(26)24-21(25)28/h5-9,14,16,18-19H,10-11H2,1-4H3,(H,23,27)(H,24,26,28)/t14-,16-,18+,19-/m1/s1. The number of ether oxygens (including phenoxy) is 4. The van der Waals surface area contributed by atoms with E-state index in [0.29, 0.717) is 11.3 Å². The number of hydrogen-bond acceptors (Lipinski definition) is 7. The van der Waals surface area contributed by atoms with Crippen LogP contribution in [0.25, 0.3) is 0 Å². The summed E-state index contributed by atoms with van der Waals surface area (Å²) in [6.07, 6.45) is -0.0937. The molecule has 10 nitrogen and oxygen atoms in total. The van der Waals surface area contributed by atoms with Gasteiger partial charge in [-0.05, 0) is 32.9 Å². The van der Waals surface area contributed by atoms with Crippen LogP contribution in [0.4, 0.5) is 0 Å². The largest absolute Gasteiger partial charge is 0.496 e. The molecule has 1 aromatic carbocycles. The topological polar surface area (TPSA) is 121 Å². The summed E-state index contributed by atoms with van der Waals surface area (Å²) in [5.41, 5.74) is 0.349. The average Bonchev–Trinajstić information content (AvgIpc) is 3.07. The molecule has 2 aromatic rings. The molecule has 10 heteroatoms. The second-order valence-electron chi connectivity index (χ2n) is 8.44. The van der Waals surface area contributed by atoms with Gasteiger partial charge >= 0.3 is 5.69 Å². The third-order valence-electron chi connectivity index (χ3n) is 5.66. The van der Waals surface area contributed by atoms with E-state index in [1.54, 1.807) is 26.0 Å². The molecule has 0 bridgehead atoms. The summed E-state index contributed by atoms with van der Waals surface area (Å²) in [6.45, 7) is 5.80. The molecule has 2 aliphatic rings. The molecular weight excluding hydrogens is 418 g/mol. The van der Waals surface area contributed by atoms with E-state index in [9.17, 15) is 14.4 Å². The SMILES string of the molecule is COc1ccc(C)cc1C(=O)NC[C@H]1OC[C@@H](n2ccc(=O)[nH]c2=O)[C@@H]2OC(C)(C)O[C@@H]21. The summed E-state index contributed by atoms with van der Waals surface area (Å²) in [5, 5.41) is 2.89. The minimum Gasteiger partial charge on any atom is -0.496 e. The Morgan fingerprint density at radius 1 is 1.25 bits per heavy atom. The van der Waals surface area contributed by atoms with Gasteiger partial charge in [0.15, 0.2) is 5.79 Å². The van der Waals surface area contributed by atoms with Crippen molar-refractivity contribution in [3.8, 4) is 5.75 Å². The van der Waals surface area contributed by atoms with Gasteiger partial charge < -0.3 is 24.3 Å². The summed E-state index contributed by atoms with van der Waals surface area (Å²) in [5.74, 6) is -0.702. The number of nitrogens with one attached hydrogen (secondary N) is 2. The first kappa shape index (κ1) is 22.3. The number of aromatic nitrogens is 2. The number of H-pyrrole nitrogens is 1. The number of carbonyl (C=O) groups excluding carboxylic acids is 1. The molecule has 0 spiro atoms. The third-order valence-corrected chi connectivity index (χ3v) is 5.66. The van der Waals surface area contributed by atoms with Gasteiger partial charge in [0.25, 0.3) is 11.5 Å². The molecule has 4 rings (SSSR count). The highest BCUT2D eigenvalue weighted by Gasteiger charge is 2.52. The Balaban J connectivity index is 1.52. The van der Waals surface area contributed by atoms with Gasteiger partial charge in [0, 0.05) is 18.8 Å². The second kappa shape index (κ2) is 8.53. The second-order valence-corrected chi connectivity index (χ2v) is 8.44. The fraction of sp³-hybridized carbons (Fsp3) is 0.500. The Kier molecular flexibility index (Phi) is 5.93. The van der Waals surface area contributed by atoms with Gasteiger partial charge in [0.1, 0.15) is 24.1 Å². The molecule has 4 atom stereocenters. The van der Waals surface area contributed by atoms with E-state index in [1.807, 2.05) is 13.0 Å². The first-order chi connectivity index (χ1) is 15.2. The van der Waals surface area contributed by atoms with Crippen LogP contribution < -0.4 is 21.3 Å². The Bertz CT molecular complexity index is 1120. The monoisotopic (exact) mass is 445 g/mol. The summed E-state index contributed by atoms with van der Waals surface area (Å²) < 4.78 is 24.8. The minimum atomic E-state index is -0.894. The van der Waals surface area contributed by atoms with Crippen LogP contribution in [0.2, 0.25) is 0 Å². The van der Waals surface area contributed by atoms with Crippen molar-refractivity contribution in [2.75, 3.05) is 20.3 Å². The molecule has 0 aliphatic carbocycles. The molecule has 3 heterocycles. The number of aryl methyl sites for hydroxylation is 1. The van der Waals surface area contributed by atoms with Gasteiger partial charge in [0.05, 0.1) is 25.3 Å². The molecule has 32 heavy (non-hydrogen) atoms. The van der Waals surface area contributed by atoms with Crippen LogP contribution in [-0.2, 0) is 14.2 Å². The number of amides is 1. The smallest absolute Gasteiger partial charge is 0.328 e. The van der Waals surface area contributed by atoms with Crippen molar-refractivity contribution in [2.45, 2.75) is 50.9 Å². The predicted molar refractivity (Wildman–Crippen MR) is 114 cm³/mol. The van der Waals surface area contributed by atoms with Crippen molar-refractivity contribution in [3.63, 3.8) is 0 Å². The van der Waals surface area contributed by atoms with Crippen molar-refractivity contribution in [2.24, 2.45) is 0 Å². The van der Waals surface area contributed by atoms with Gasteiger partial charge in [-0.2, -0.15) is 0 Å². The Morgan fingerprint density at radius 2 is 2.00 bits per heavy atom. The maximum absolute atomic E-state index is 12.8. The molecule has 1 amide bonds. The van der Waals surface area contributed by atoms with Gasteiger partial charge in [-0.25, -0.2) is 4.79 Å². The van der Waals surface area contributed by atoms with E-state index >= 15 is 0 Å². The molecule has 1 aromatic heterocycles. The van der Waals surface area contributed by atoms with Gasteiger partial charge in [0.2, 0.25) is 0 Å². The van der Waals surface area contributed by atoms with Crippen LogP contribution in [0.5, 0.6) is 5.75 Å². The lowest BCUT2D eigenvalue weighted by Crippen LogP contribution is -2.54. The molecule has 2 N–H and O–H groups in total. The Labute approximate surface area is 184 Å². The highest BCUT2D eigenvalue weighted by Crippen LogP contribution is 2.39. The first-order valence-electron chi connectivity index (χ1n) is 10.4. The minimum absolute atomic E-state index is 0.154. The fourth-order valence-corrected chi connectivity index (χ4v) is 4.20. The lowest BCUT2D eigenvalue weighted by molar-refractivity contribution is -0.153. The van der Waals surface area contributed by atoms with Crippen molar-refractivity contribution >= 4 is 5.91 Å². The Morgan fingerprint density at radius 3 is 2.72 bits per heavy atom. The quantitative estimate of drug-likeness (QED) is 0.696. The zero-order valence-corrected chi connectivity index (χ0v) is 18.4. The van der Waals surface area contributed by atoms with Crippen LogP contribution >= 0.6 is 0 Å². The van der Waals surface area contributed by atoms with Crippen molar-refractivity contribution in [1.29, 1.82) is 0 Å². The molecule has 172 valence electrons. The molecule has 2 fully saturated rings. The number of fused-ring (bicyclic) bond motifs is 1. The van der Waals surface area contributed by atoms with E-state index in [2.05, 4.69) is 10.3 Å². The lowest BCUT2D eigenvalue weighted by atomic mass is 9.97. The highest BCUT2D eigenvalue weighted by atomic mass is 16.8. The Hall–Kier alpha value is -2.95. The molecule has 0 radical (unpaired) electrons. The number of hydrogen-bond donors (Lipinski definition) is 2. The van der Waals surface area contributed by atoms with Crippen molar-refractivity contribution < 1.29 is 23.7 Å². The number of methoxy groups -OCH3 is 1.